The van der Waals surface area contributed by atoms with Gasteiger partial charge in [0.05, 0.1) is 18.1 Å². The number of halogens is 1. The van der Waals surface area contributed by atoms with Gasteiger partial charge in [0.15, 0.2) is 0 Å². The van der Waals surface area contributed by atoms with Crippen molar-refractivity contribution in [3.05, 3.63) is 34.4 Å². The Bertz CT molecular complexity index is 599. The molecule has 0 spiro atoms. The van der Waals surface area contributed by atoms with Crippen LogP contribution in [0.4, 0.5) is 5.69 Å². The molecule has 27 heavy (non-hydrogen) atoms. The predicted octanol–water partition coefficient (Wildman–Crippen LogP) is 2.66. The molecule has 1 unspecified atom stereocenters. The molecule has 152 valence electrons. The Morgan fingerprint density at radius 2 is 2.04 bits per heavy atom. The number of hydrogen-bond acceptors (Lipinski definition) is 6. The van der Waals surface area contributed by atoms with Crippen molar-refractivity contribution in [1.29, 1.82) is 0 Å². The second-order valence-corrected chi connectivity index (χ2v) is 6.69. The molecule has 0 aromatic heterocycles. The lowest BCUT2D eigenvalue weighted by Gasteiger charge is -2.25. The molecule has 1 N–H and O–H groups in total. The van der Waals surface area contributed by atoms with Crippen molar-refractivity contribution in [3.63, 3.8) is 0 Å². The number of non-ortho nitro benzene ring substituents is 1. The van der Waals surface area contributed by atoms with Gasteiger partial charge in [-0.3, -0.25) is 19.8 Å². The molecule has 1 fully saturated rings. The van der Waals surface area contributed by atoms with Crippen LogP contribution < -0.4 is 4.74 Å². The highest BCUT2D eigenvalue weighted by atomic mass is 35.5. The first kappa shape index (κ1) is 23.1. The van der Waals surface area contributed by atoms with Gasteiger partial charge in [-0.15, -0.1) is 12.4 Å². The minimum absolute atomic E-state index is 0. The highest BCUT2D eigenvalue weighted by Crippen LogP contribution is 2.18. The molecule has 2 rings (SSSR count). The van der Waals surface area contributed by atoms with Crippen LogP contribution in [0.3, 0.4) is 0 Å². The summed E-state index contributed by atoms with van der Waals surface area (Å²) in [5, 5.41) is 19.5. The van der Waals surface area contributed by atoms with Crippen LogP contribution in [0.2, 0.25) is 0 Å². The Hall–Kier alpha value is -1.90. The summed E-state index contributed by atoms with van der Waals surface area (Å²) in [6, 6.07) is 6.45. The fraction of sp³-hybridized carbons (Fsp3) is 0.611. The Morgan fingerprint density at radius 3 is 2.67 bits per heavy atom. The summed E-state index contributed by atoms with van der Waals surface area (Å²) in [5.41, 5.74) is 0.0596. The largest absolute Gasteiger partial charge is 0.494 e. The van der Waals surface area contributed by atoms with E-state index in [0.29, 0.717) is 18.4 Å². The van der Waals surface area contributed by atoms with E-state index in [4.69, 9.17) is 9.84 Å². The molecule has 1 aromatic carbocycles. The van der Waals surface area contributed by atoms with Gasteiger partial charge in [0.1, 0.15) is 5.75 Å². The summed E-state index contributed by atoms with van der Waals surface area (Å²) in [6.45, 7) is 3.58. The zero-order valence-corrected chi connectivity index (χ0v) is 16.4. The number of nitrogens with zero attached hydrogens (tertiary/aromatic N) is 3. The van der Waals surface area contributed by atoms with Crippen molar-refractivity contribution in [3.8, 4) is 5.75 Å². The molecule has 0 radical (unpaired) electrons. The predicted molar refractivity (Wildman–Crippen MR) is 105 cm³/mol. The normalized spacial score (nSPS) is 17.8. The number of nitro groups is 1. The Labute approximate surface area is 165 Å². The van der Waals surface area contributed by atoms with Gasteiger partial charge in [0, 0.05) is 24.7 Å². The number of likely N-dealkylation sites (N-methyl/N-ethyl adjacent to an activating group) is 1. The van der Waals surface area contributed by atoms with Crippen LogP contribution in [0.15, 0.2) is 24.3 Å². The SMILES string of the molecule is CN(CC(=O)O)C1CCCN(CCCOc2ccc([N+](=O)[O-])cc2)CC1.Cl. The molecule has 1 aliphatic rings. The number of benzene rings is 1. The fourth-order valence-corrected chi connectivity index (χ4v) is 3.29. The highest BCUT2D eigenvalue weighted by Gasteiger charge is 2.21. The number of carboxylic acids is 1. The molecule has 0 aliphatic carbocycles. The number of carboxylic acid groups (broad SMARTS) is 1. The molecule has 1 heterocycles. The number of rotatable bonds is 9. The van der Waals surface area contributed by atoms with Gasteiger partial charge < -0.3 is 14.7 Å². The Kier molecular flexibility index (Phi) is 10.1. The smallest absolute Gasteiger partial charge is 0.317 e. The van der Waals surface area contributed by atoms with Crippen LogP contribution in [0.1, 0.15) is 25.7 Å². The number of ether oxygens (including phenoxy) is 1. The molecule has 1 aromatic rings. The van der Waals surface area contributed by atoms with E-state index in [1.165, 1.54) is 12.1 Å². The van der Waals surface area contributed by atoms with Gasteiger partial charge in [0.2, 0.25) is 0 Å². The molecular formula is C18H28ClN3O5. The first-order valence-electron chi connectivity index (χ1n) is 8.97. The molecule has 0 saturated carbocycles. The van der Waals surface area contributed by atoms with Gasteiger partial charge in [-0.2, -0.15) is 0 Å². The Morgan fingerprint density at radius 1 is 1.33 bits per heavy atom. The third kappa shape index (κ3) is 8.11. The molecule has 1 saturated heterocycles. The minimum Gasteiger partial charge on any atom is -0.494 e. The summed E-state index contributed by atoms with van der Waals surface area (Å²) in [4.78, 5) is 25.4. The van der Waals surface area contributed by atoms with E-state index in [2.05, 4.69) is 4.90 Å². The van der Waals surface area contributed by atoms with Crippen LogP contribution in [0.25, 0.3) is 0 Å². The topological polar surface area (TPSA) is 96.2 Å². The van der Waals surface area contributed by atoms with Gasteiger partial charge in [-0.1, -0.05) is 0 Å². The maximum Gasteiger partial charge on any atom is 0.317 e. The van der Waals surface area contributed by atoms with Crippen molar-refractivity contribution in [2.24, 2.45) is 0 Å². The number of nitro benzene ring substituents is 1. The third-order valence-corrected chi connectivity index (χ3v) is 4.73. The van der Waals surface area contributed by atoms with E-state index in [-0.39, 0.29) is 24.6 Å². The molecule has 1 aliphatic heterocycles. The van der Waals surface area contributed by atoms with Gasteiger partial charge in [-0.25, -0.2) is 0 Å². The van der Waals surface area contributed by atoms with Crippen molar-refractivity contribution in [2.75, 3.05) is 39.8 Å². The zero-order chi connectivity index (χ0) is 18.9. The first-order valence-corrected chi connectivity index (χ1v) is 8.97. The maximum atomic E-state index is 10.8. The minimum atomic E-state index is -0.781. The highest BCUT2D eigenvalue weighted by molar-refractivity contribution is 5.85. The average molecular weight is 402 g/mol. The van der Waals surface area contributed by atoms with Gasteiger partial charge >= 0.3 is 5.97 Å². The molecule has 8 nitrogen and oxygen atoms in total. The second-order valence-electron chi connectivity index (χ2n) is 6.69. The van der Waals surface area contributed by atoms with E-state index in [1.807, 2.05) is 11.9 Å². The molecule has 0 amide bonds. The number of hydrogen-bond donors (Lipinski definition) is 1. The third-order valence-electron chi connectivity index (χ3n) is 4.73. The van der Waals surface area contributed by atoms with E-state index >= 15 is 0 Å². The van der Waals surface area contributed by atoms with Crippen molar-refractivity contribution < 1.29 is 19.6 Å². The van der Waals surface area contributed by atoms with Gasteiger partial charge in [0.25, 0.3) is 5.69 Å². The fourth-order valence-electron chi connectivity index (χ4n) is 3.29. The number of aliphatic carboxylic acids is 1. The van der Waals surface area contributed by atoms with Crippen LogP contribution in [-0.2, 0) is 4.79 Å². The molecule has 0 bridgehead atoms. The lowest BCUT2D eigenvalue weighted by Crippen LogP contribution is -2.36. The Balaban J connectivity index is 0.00000364. The zero-order valence-electron chi connectivity index (χ0n) is 15.6. The lowest BCUT2D eigenvalue weighted by molar-refractivity contribution is -0.384. The molecule has 1 atom stereocenters. The van der Waals surface area contributed by atoms with E-state index in [0.717, 1.165) is 45.3 Å². The number of likely N-dealkylation sites (tertiary alicyclic amines) is 1. The summed E-state index contributed by atoms with van der Waals surface area (Å²) in [5.74, 6) is -0.140. The summed E-state index contributed by atoms with van der Waals surface area (Å²) >= 11 is 0. The van der Waals surface area contributed by atoms with E-state index < -0.39 is 10.9 Å². The van der Waals surface area contributed by atoms with Crippen molar-refractivity contribution in [1.82, 2.24) is 9.80 Å². The lowest BCUT2D eigenvalue weighted by atomic mass is 10.1. The quantitative estimate of drug-likeness (QED) is 0.386. The summed E-state index contributed by atoms with van der Waals surface area (Å²) < 4.78 is 5.64. The van der Waals surface area contributed by atoms with Crippen molar-refractivity contribution >= 4 is 24.1 Å². The monoisotopic (exact) mass is 401 g/mol. The average Bonchev–Trinajstić information content (AvgIpc) is 2.84. The van der Waals surface area contributed by atoms with Crippen LogP contribution in [0.5, 0.6) is 5.75 Å². The summed E-state index contributed by atoms with van der Waals surface area (Å²) in [7, 11) is 1.88. The van der Waals surface area contributed by atoms with Crippen molar-refractivity contribution in [2.45, 2.75) is 31.7 Å². The second kappa shape index (κ2) is 11.7. The maximum absolute atomic E-state index is 10.8. The number of carbonyl (C=O) groups is 1. The van der Waals surface area contributed by atoms with E-state index in [9.17, 15) is 14.9 Å². The molecular weight excluding hydrogens is 374 g/mol. The van der Waals surface area contributed by atoms with Crippen LogP contribution in [-0.4, -0.2) is 71.7 Å². The van der Waals surface area contributed by atoms with E-state index in [1.54, 1.807) is 12.1 Å². The van der Waals surface area contributed by atoms with Gasteiger partial charge in [-0.05, 0) is 58.0 Å². The van der Waals surface area contributed by atoms with Crippen LogP contribution in [0, 0.1) is 10.1 Å². The summed E-state index contributed by atoms with van der Waals surface area (Å²) in [6.07, 6.45) is 3.96. The standard InChI is InChI=1S/C18H27N3O5.ClH/c1-19(14-18(22)23)15-4-2-10-20(12-9-15)11-3-13-26-17-7-5-16(6-8-17)21(24)25;/h5-8,15H,2-4,9-14H2,1H3,(H,22,23);1H. The van der Waals surface area contributed by atoms with Crippen LogP contribution >= 0.6 is 12.4 Å². The molecule has 9 heteroatoms. The first-order chi connectivity index (χ1) is 12.5.